The summed E-state index contributed by atoms with van der Waals surface area (Å²) >= 11 is 11.6. The Hall–Kier alpha value is -0.800. The van der Waals surface area contributed by atoms with Gasteiger partial charge < -0.3 is 5.32 Å². The Labute approximate surface area is 111 Å². The molecule has 1 aliphatic rings. The Morgan fingerprint density at radius 1 is 1.47 bits per heavy atom. The van der Waals surface area contributed by atoms with Crippen molar-refractivity contribution >= 4 is 29.1 Å². The van der Waals surface area contributed by atoms with E-state index in [2.05, 4.69) is 17.2 Å². The molecule has 0 unspecified atom stereocenters. The molecule has 1 aromatic heterocycles. The van der Waals surface area contributed by atoms with Crippen LogP contribution in [0.1, 0.15) is 43.0 Å². The van der Waals surface area contributed by atoms with Gasteiger partial charge in [-0.1, -0.05) is 30.1 Å². The molecule has 0 bridgehead atoms. The Morgan fingerprint density at radius 3 is 2.65 bits per heavy atom. The van der Waals surface area contributed by atoms with Gasteiger partial charge in [0.05, 0.1) is 5.56 Å². The van der Waals surface area contributed by atoms with E-state index in [1.54, 1.807) is 12.1 Å². The van der Waals surface area contributed by atoms with Crippen molar-refractivity contribution in [3.8, 4) is 0 Å². The number of nitrogens with zero attached hydrogens (tertiary/aromatic N) is 1. The van der Waals surface area contributed by atoms with Gasteiger partial charge in [-0.25, -0.2) is 4.98 Å². The molecular formula is C12H14Cl2N2O. The largest absolute Gasteiger partial charge is 0.347 e. The molecule has 2 rings (SSSR count). The van der Waals surface area contributed by atoms with Gasteiger partial charge in [-0.05, 0) is 37.8 Å². The van der Waals surface area contributed by atoms with Crippen LogP contribution in [0.15, 0.2) is 12.1 Å². The van der Waals surface area contributed by atoms with Crippen LogP contribution >= 0.6 is 23.2 Å². The highest BCUT2D eigenvalue weighted by molar-refractivity contribution is 6.34. The van der Waals surface area contributed by atoms with E-state index in [-0.39, 0.29) is 16.6 Å². The first-order valence-electron chi connectivity index (χ1n) is 5.71. The number of amides is 1. The molecule has 0 spiro atoms. The molecule has 1 fully saturated rings. The summed E-state index contributed by atoms with van der Waals surface area (Å²) in [5, 5.41) is 3.50. The SMILES string of the molecule is CCC1(NC(=O)c2ccc(Cl)nc2Cl)CCC1. The van der Waals surface area contributed by atoms with E-state index in [0.717, 1.165) is 19.3 Å². The van der Waals surface area contributed by atoms with Crippen LogP contribution in [-0.2, 0) is 0 Å². The Morgan fingerprint density at radius 2 is 2.18 bits per heavy atom. The lowest BCUT2D eigenvalue weighted by Crippen LogP contribution is -2.53. The van der Waals surface area contributed by atoms with Gasteiger partial charge in [0, 0.05) is 5.54 Å². The third-order valence-electron chi connectivity index (χ3n) is 3.43. The van der Waals surface area contributed by atoms with Crippen molar-refractivity contribution in [1.82, 2.24) is 10.3 Å². The number of hydrogen-bond donors (Lipinski definition) is 1. The van der Waals surface area contributed by atoms with E-state index in [9.17, 15) is 4.79 Å². The number of hydrogen-bond acceptors (Lipinski definition) is 2. The first-order valence-corrected chi connectivity index (χ1v) is 6.46. The van der Waals surface area contributed by atoms with Crippen LogP contribution in [0.4, 0.5) is 0 Å². The molecule has 1 heterocycles. The number of pyridine rings is 1. The molecule has 1 aromatic rings. The number of halogens is 2. The van der Waals surface area contributed by atoms with E-state index < -0.39 is 0 Å². The molecule has 0 aromatic carbocycles. The highest BCUT2D eigenvalue weighted by atomic mass is 35.5. The summed E-state index contributed by atoms with van der Waals surface area (Å²) in [5.41, 5.74) is 0.343. The summed E-state index contributed by atoms with van der Waals surface area (Å²) in [6.07, 6.45) is 4.18. The van der Waals surface area contributed by atoms with Crippen LogP contribution in [0.5, 0.6) is 0 Å². The van der Waals surface area contributed by atoms with Crippen LogP contribution < -0.4 is 5.32 Å². The van der Waals surface area contributed by atoms with Crippen LogP contribution in [0.3, 0.4) is 0 Å². The zero-order chi connectivity index (χ0) is 12.5. The standard InChI is InChI=1S/C12H14Cl2N2O/c1-2-12(6-3-7-12)16-11(17)8-4-5-9(13)15-10(8)14/h4-5H,2-3,6-7H2,1H3,(H,16,17). The zero-order valence-corrected chi connectivity index (χ0v) is 11.1. The molecule has 17 heavy (non-hydrogen) atoms. The monoisotopic (exact) mass is 272 g/mol. The predicted octanol–water partition coefficient (Wildman–Crippen LogP) is 3.45. The van der Waals surface area contributed by atoms with E-state index in [1.165, 1.54) is 6.42 Å². The summed E-state index contributed by atoms with van der Waals surface area (Å²) in [4.78, 5) is 15.9. The number of carbonyl (C=O) groups is 1. The molecule has 1 amide bonds. The Balaban J connectivity index is 2.14. The van der Waals surface area contributed by atoms with Crippen molar-refractivity contribution in [1.29, 1.82) is 0 Å². The lowest BCUT2D eigenvalue weighted by atomic mass is 9.74. The summed E-state index contributed by atoms with van der Waals surface area (Å²) in [6.45, 7) is 2.08. The van der Waals surface area contributed by atoms with Crippen molar-refractivity contribution < 1.29 is 4.79 Å². The predicted molar refractivity (Wildman–Crippen MR) is 68.6 cm³/mol. The molecule has 1 N–H and O–H groups in total. The maximum absolute atomic E-state index is 12.1. The maximum atomic E-state index is 12.1. The summed E-state index contributed by atoms with van der Waals surface area (Å²) < 4.78 is 0. The first kappa shape index (κ1) is 12.7. The van der Waals surface area contributed by atoms with Crippen molar-refractivity contribution in [2.24, 2.45) is 0 Å². The van der Waals surface area contributed by atoms with Gasteiger partial charge in [-0.15, -0.1) is 0 Å². The van der Waals surface area contributed by atoms with Gasteiger partial charge in [-0.2, -0.15) is 0 Å². The molecule has 1 aliphatic carbocycles. The van der Waals surface area contributed by atoms with E-state index >= 15 is 0 Å². The fourth-order valence-electron chi connectivity index (χ4n) is 2.06. The Kier molecular flexibility index (Phi) is 3.59. The third-order valence-corrected chi connectivity index (χ3v) is 3.92. The minimum Gasteiger partial charge on any atom is -0.347 e. The number of nitrogens with one attached hydrogen (secondary N) is 1. The topological polar surface area (TPSA) is 42.0 Å². The van der Waals surface area contributed by atoms with E-state index in [4.69, 9.17) is 23.2 Å². The smallest absolute Gasteiger partial charge is 0.254 e. The fourth-order valence-corrected chi connectivity index (χ4v) is 2.49. The second-order valence-electron chi connectivity index (χ2n) is 4.41. The van der Waals surface area contributed by atoms with Gasteiger partial charge in [-0.3, -0.25) is 4.79 Å². The molecule has 1 saturated carbocycles. The van der Waals surface area contributed by atoms with Crippen molar-refractivity contribution in [3.63, 3.8) is 0 Å². The average Bonchev–Trinajstić information content (AvgIpc) is 2.23. The highest BCUT2D eigenvalue weighted by Crippen LogP contribution is 2.35. The first-order chi connectivity index (χ1) is 8.06. The van der Waals surface area contributed by atoms with Gasteiger partial charge in [0.2, 0.25) is 0 Å². The normalized spacial score (nSPS) is 17.4. The number of rotatable bonds is 3. The molecule has 5 heteroatoms. The molecule has 0 radical (unpaired) electrons. The zero-order valence-electron chi connectivity index (χ0n) is 9.59. The van der Waals surface area contributed by atoms with Crippen molar-refractivity contribution in [2.45, 2.75) is 38.1 Å². The quantitative estimate of drug-likeness (QED) is 0.857. The molecule has 92 valence electrons. The second-order valence-corrected chi connectivity index (χ2v) is 5.16. The molecule has 0 atom stereocenters. The summed E-state index contributed by atoms with van der Waals surface area (Å²) in [5.74, 6) is -0.166. The molecule has 3 nitrogen and oxygen atoms in total. The maximum Gasteiger partial charge on any atom is 0.254 e. The van der Waals surface area contributed by atoms with Gasteiger partial charge >= 0.3 is 0 Å². The molecular weight excluding hydrogens is 259 g/mol. The fraction of sp³-hybridized carbons (Fsp3) is 0.500. The number of carbonyl (C=O) groups excluding carboxylic acids is 1. The van der Waals surface area contributed by atoms with Crippen molar-refractivity contribution in [2.75, 3.05) is 0 Å². The molecule has 0 aliphatic heterocycles. The minimum atomic E-state index is -0.166. The van der Waals surface area contributed by atoms with Gasteiger partial charge in [0.15, 0.2) is 0 Å². The van der Waals surface area contributed by atoms with Crippen LogP contribution in [-0.4, -0.2) is 16.4 Å². The molecule has 0 saturated heterocycles. The average molecular weight is 273 g/mol. The van der Waals surface area contributed by atoms with Gasteiger partial charge in [0.1, 0.15) is 10.3 Å². The number of aromatic nitrogens is 1. The van der Waals surface area contributed by atoms with E-state index in [1.807, 2.05) is 0 Å². The second kappa shape index (κ2) is 4.83. The lowest BCUT2D eigenvalue weighted by Gasteiger charge is -2.42. The minimum absolute atomic E-state index is 0.0416. The van der Waals surface area contributed by atoms with Gasteiger partial charge in [0.25, 0.3) is 5.91 Å². The van der Waals surface area contributed by atoms with Crippen LogP contribution in [0.25, 0.3) is 0 Å². The van der Waals surface area contributed by atoms with Crippen LogP contribution in [0.2, 0.25) is 10.3 Å². The van der Waals surface area contributed by atoms with Crippen LogP contribution in [0, 0.1) is 0 Å². The lowest BCUT2D eigenvalue weighted by molar-refractivity contribution is 0.0820. The van der Waals surface area contributed by atoms with E-state index in [0.29, 0.717) is 10.7 Å². The summed E-state index contributed by atoms with van der Waals surface area (Å²) in [6, 6.07) is 3.18. The Bertz CT molecular complexity index is 439. The highest BCUT2D eigenvalue weighted by Gasteiger charge is 2.36. The van der Waals surface area contributed by atoms with Crippen molar-refractivity contribution in [3.05, 3.63) is 28.0 Å². The summed E-state index contributed by atoms with van der Waals surface area (Å²) in [7, 11) is 0. The third kappa shape index (κ3) is 2.55.